The summed E-state index contributed by atoms with van der Waals surface area (Å²) in [6, 6.07) is 6.03. The first kappa shape index (κ1) is 14.3. The Morgan fingerprint density at radius 2 is 2.00 bits per heavy atom. The maximum atomic E-state index is 12.4. The number of carbonyl (C=O) groups is 1. The summed E-state index contributed by atoms with van der Waals surface area (Å²) in [7, 11) is 0.195. The molecule has 0 saturated carbocycles. The van der Waals surface area contributed by atoms with E-state index >= 15 is 0 Å². The number of hydrogen-bond donors (Lipinski definition) is 0. The van der Waals surface area contributed by atoms with Crippen LogP contribution < -0.4 is 0 Å². The zero-order valence-corrected chi connectivity index (χ0v) is 12.5. The number of carbonyl (C=O) groups excluding carboxylic acids is 1. The summed E-state index contributed by atoms with van der Waals surface area (Å²) in [6.07, 6.45) is 3.37. The van der Waals surface area contributed by atoms with Crippen molar-refractivity contribution in [3.8, 4) is 0 Å². The molecular formula is C15H20O3S. The molecule has 4 heteroatoms. The van der Waals surface area contributed by atoms with Crippen molar-refractivity contribution >= 4 is 16.8 Å². The highest BCUT2D eigenvalue weighted by Gasteiger charge is 2.31. The highest BCUT2D eigenvalue weighted by atomic mass is 32.2. The molecule has 1 aliphatic rings. The van der Waals surface area contributed by atoms with E-state index in [0.29, 0.717) is 5.75 Å². The monoisotopic (exact) mass is 280 g/mol. The fourth-order valence-electron chi connectivity index (χ4n) is 2.44. The summed E-state index contributed by atoms with van der Waals surface area (Å²) in [5, 5.41) is 0. The minimum Gasteiger partial charge on any atom is -0.469 e. The van der Waals surface area contributed by atoms with E-state index in [1.165, 1.54) is 24.7 Å². The molecule has 0 bridgehead atoms. The molecule has 0 spiro atoms. The van der Waals surface area contributed by atoms with Gasteiger partial charge in [0.2, 0.25) is 0 Å². The Labute approximate surface area is 116 Å². The Morgan fingerprint density at radius 1 is 1.32 bits per heavy atom. The number of esters is 1. The molecule has 0 aromatic heterocycles. The van der Waals surface area contributed by atoms with Gasteiger partial charge in [-0.25, -0.2) is 0 Å². The Morgan fingerprint density at radius 3 is 2.68 bits per heavy atom. The van der Waals surface area contributed by atoms with Crippen molar-refractivity contribution in [1.29, 1.82) is 0 Å². The van der Waals surface area contributed by atoms with E-state index < -0.39 is 16.2 Å². The van der Waals surface area contributed by atoms with E-state index in [0.717, 1.165) is 17.7 Å². The Balaban J connectivity index is 2.14. The van der Waals surface area contributed by atoms with Crippen LogP contribution in [0.4, 0.5) is 0 Å². The Bertz CT molecular complexity index is 520. The second kappa shape index (κ2) is 5.45. The predicted octanol–water partition coefficient (Wildman–Crippen LogP) is 2.48. The summed E-state index contributed by atoms with van der Waals surface area (Å²) in [6.45, 7) is 3.54. The van der Waals surface area contributed by atoms with Crippen LogP contribution in [-0.4, -0.2) is 23.0 Å². The molecule has 104 valence electrons. The SMILES string of the molecule is COC(=O)C(C)(C)CS(=O)c1ccc2c(c1)CCC2. The standard InChI is InChI=1S/C15H20O3S/c1-15(2,14(16)18-3)10-19(17)13-8-7-11-5-4-6-12(11)9-13/h7-9H,4-6,10H2,1-3H3. The van der Waals surface area contributed by atoms with Crippen LogP contribution in [0.15, 0.2) is 23.1 Å². The Hall–Kier alpha value is -1.16. The van der Waals surface area contributed by atoms with Crippen LogP contribution >= 0.6 is 0 Å². The summed E-state index contributed by atoms with van der Waals surface area (Å²) in [4.78, 5) is 12.4. The molecule has 1 atom stereocenters. The third-order valence-electron chi connectivity index (χ3n) is 3.56. The van der Waals surface area contributed by atoms with Gasteiger partial charge in [-0.05, 0) is 56.4 Å². The van der Waals surface area contributed by atoms with E-state index in [9.17, 15) is 9.00 Å². The molecule has 1 aromatic carbocycles. The molecule has 0 N–H and O–H groups in total. The van der Waals surface area contributed by atoms with Crippen LogP contribution in [-0.2, 0) is 33.2 Å². The van der Waals surface area contributed by atoms with E-state index in [2.05, 4.69) is 6.07 Å². The normalized spacial score (nSPS) is 15.9. The first-order chi connectivity index (χ1) is 8.94. The molecule has 2 rings (SSSR count). The van der Waals surface area contributed by atoms with Crippen LogP contribution in [0.5, 0.6) is 0 Å². The minimum atomic E-state index is -1.17. The van der Waals surface area contributed by atoms with Gasteiger partial charge in [0.25, 0.3) is 0 Å². The smallest absolute Gasteiger partial charge is 0.312 e. The number of hydrogen-bond acceptors (Lipinski definition) is 3. The molecule has 3 nitrogen and oxygen atoms in total. The van der Waals surface area contributed by atoms with Gasteiger partial charge in [-0.1, -0.05) is 6.07 Å². The fraction of sp³-hybridized carbons (Fsp3) is 0.533. The second-order valence-corrected chi connectivity index (χ2v) is 7.10. The molecule has 19 heavy (non-hydrogen) atoms. The summed E-state index contributed by atoms with van der Waals surface area (Å²) >= 11 is 0. The van der Waals surface area contributed by atoms with Gasteiger partial charge in [0.15, 0.2) is 0 Å². The number of fused-ring (bicyclic) bond motifs is 1. The number of rotatable bonds is 4. The number of ether oxygens (including phenoxy) is 1. The average Bonchev–Trinajstić information content (AvgIpc) is 2.84. The molecule has 1 unspecified atom stereocenters. The van der Waals surface area contributed by atoms with E-state index in [4.69, 9.17) is 4.74 Å². The van der Waals surface area contributed by atoms with E-state index in [1.807, 2.05) is 12.1 Å². The van der Waals surface area contributed by atoms with Gasteiger partial charge in [0, 0.05) is 10.6 Å². The van der Waals surface area contributed by atoms with Gasteiger partial charge < -0.3 is 4.74 Å². The van der Waals surface area contributed by atoms with Gasteiger partial charge in [0.1, 0.15) is 0 Å². The topological polar surface area (TPSA) is 43.4 Å². The second-order valence-electron chi connectivity index (χ2n) is 5.65. The van der Waals surface area contributed by atoms with Gasteiger partial charge in [-0.2, -0.15) is 0 Å². The van der Waals surface area contributed by atoms with Crippen LogP contribution in [0.3, 0.4) is 0 Å². The molecule has 0 heterocycles. The first-order valence-electron chi connectivity index (χ1n) is 6.52. The molecule has 0 saturated heterocycles. The molecule has 0 aliphatic heterocycles. The van der Waals surface area contributed by atoms with Crippen LogP contribution in [0.25, 0.3) is 0 Å². The van der Waals surface area contributed by atoms with Crippen molar-refractivity contribution in [3.63, 3.8) is 0 Å². The van der Waals surface area contributed by atoms with Crippen LogP contribution in [0, 0.1) is 5.41 Å². The highest BCUT2D eigenvalue weighted by Crippen LogP contribution is 2.26. The van der Waals surface area contributed by atoms with Crippen molar-refractivity contribution in [3.05, 3.63) is 29.3 Å². The molecule has 1 aromatic rings. The fourth-order valence-corrected chi connectivity index (χ4v) is 3.87. The molecule has 0 radical (unpaired) electrons. The maximum absolute atomic E-state index is 12.4. The molecule has 0 amide bonds. The van der Waals surface area contributed by atoms with E-state index in [-0.39, 0.29) is 5.97 Å². The highest BCUT2D eigenvalue weighted by molar-refractivity contribution is 7.85. The van der Waals surface area contributed by atoms with E-state index in [1.54, 1.807) is 13.8 Å². The third-order valence-corrected chi connectivity index (χ3v) is 5.33. The van der Waals surface area contributed by atoms with Crippen molar-refractivity contribution in [1.82, 2.24) is 0 Å². The van der Waals surface area contributed by atoms with Crippen molar-refractivity contribution in [2.45, 2.75) is 38.0 Å². The minimum absolute atomic E-state index is 0.290. The largest absolute Gasteiger partial charge is 0.469 e. The Kier molecular flexibility index (Phi) is 4.09. The van der Waals surface area contributed by atoms with Crippen molar-refractivity contribution < 1.29 is 13.7 Å². The van der Waals surface area contributed by atoms with Gasteiger partial charge in [0.05, 0.1) is 23.3 Å². The van der Waals surface area contributed by atoms with Gasteiger partial charge >= 0.3 is 5.97 Å². The lowest BCUT2D eigenvalue weighted by molar-refractivity contribution is -0.149. The maximum Gasteiger partial charge on any atom is 0.312 e. The quantitative estimate of drug-likeness (QED) is 0.796. The zero-order valence-electron chi connectivity index (χ0n) is 11.7. The lowest BCUT2D eigenvalue weighted by atomic mass is 9.97. The lowest BCUT2D eigenvalue weighted by Crippen LogP contribution is -2.31. The molecule has 1 aliphatic carbocycles. The number of benzene rings is 1. The van der Waals surface area contributed by atoms with Crippen molar-refractivity contribution in [2.75, 3.05) is 12.9 Å². The average molecular weight is 280 g/mol. The molecule has 0 fully saturated rings. The first-order valence-corrected chi connectivity index (χ1v) is 7.84. The third kappa shape index (κ3) is 3.06. The summed E-state index contributed by atoms with van der Waals surface area (Å²) in [5.41, 5.74) is 1.95. The van der Waals surface area contributed by atoms with Gasteiger partial charge in [-0.15, -0.1) is 0 Å². The summed E-state index contributed by atoms with van der Waals surface area (Å²) < 4.78 is 17.1. The van der Waals surface area contributed by atoms with Crippen molar-refractivity contribution in [2.24, 2.45) is 5.41 Å². The summed E-state index contributed by atoms with van der Waals surface area (Å²) in [5.74, 6) is -0.0274. The lowest BCUT2D eigenvalue weighted by Gasteiger charge is -2.20. The zero-order chi connectivity index (χ0) is 14.0. The predicted molar refractivity (Wildman–Crippen MR) is 75.5 cm³/mol. The van der Waals surface area contributed by atoms with Crippen LogP contribution in [0.1, 0.15) is 31.4 Å². The number of methoxy groups -OCH3 is 1. The van der Waals surface area contributed by atoms with Crippen LogP contribution in [0.2, 0.25) is 0 Å². The molecular weight excluding hydrogens is 260 g/mol. The number of aryl methyl sites for hydroxylation is 2. The van der Waals surface area contributed by atoms with Gasteiger partial charge in [-0.3, -0.25) is 9.00 Å².